The molecule has 0 aliphatic carbocycles. The third-order valence-corrected chi connectivity index (χ3v) is 5.30. The van der Waals surface area contributed by atoms with Gasteiger partial charge in [-0.1, -0.05) is 11.6 Å². The van der Waals surface area contributed by atoms with Gasteiger partial charge in [0.1, 0.15) is 10.7 Å². The van der Waals surface area contributed by atoms with Gasteiger partial charge in [-0.05, 0) is 58.7 Å². The van der Waals surface area contributed by atoms with Crippen molar-refractivity contribution in [2.24, 2.45) is 0 Å². The summed E-state index contributed by atoms with van der Waals surface area (Å²) in [6.45, 7) is 1.45. The fraction of sp³-hybridized carbons (Fsp3) is 0.0769. The quantitative estimate of drug-likeness (QED) is 0.776. The Bertz CT molecular complexity index is 812. The number of nitrogen functional groups attached to an aromatic ring is 1. The maximum absolute atomic E-state index is 14.0. The molecule has 0 radical (unpaired) electrons. The summed E-state index contributed by atoms with van der Waals surface area (Å²) in [6, 6.07) is 6.92. The number of rotatable bonds is 3. The van der Waals surface area contributed by atoms with E-state index in [4.69, 9.17) is 17.3 Å². The predicted molar refractivity (Wildman–Crippen MR) is 85.5 cm³/mol. The number of anilines is 2. The highest BCUT2D eigenvalue weighted by molar-refractivity contribution is 9.10. The lowest BCUT2D eigenvalue weighted by atomic mass is 10.2. The Morgan fingerprint density at radius 2 is 1.95 bits per heavy atom. The number of nitrogens with two attached hydrogens (primary N) is 1. The Kier molecular flexibility index (Phi) is 4.46. The van der Waals surface area contributed by atoms with Crippen LogP contribution in [0.25, 0.3) is 0 Å². The van der Waals surface area contributed by atoms with Gasteiger partial charge in [-0.15, -0.1) is 0 Å². The zero-order chi connectivity index (χ0) is 15.8. The van der Waals surface area contributed by atoms with Gasteiger partial charge in [0, 0.05) is 10.2 Å². The van der Waals surface area contributed by atoms with E-state index in [0.29, 0.717) is 9.50 Å². The number of hydrogen-bond donors (Lipinski definition) is 2. The highest BCUT2D eigenvalue weighted by Gasteiger charge is 2.21. The molecule has 0 heterocycles. The van der Waals surface area contributed by atoms with E-state index in [1.165, 1.54) is 31.2 Å². The Hall–Kier alpha value is -1.31. The molecule has 0 fully saturated rings. The van der Waals surface area contributed by atoms with E-state index in [-0.39, 0.29) is 16.9 Å². The van der Waals surface area contributed by atoms with Crippen molar-refractivity contribution in [2.45, 2.75) is 11.8 Å². The average Bonchev–Trinajstić information content (AvgIpc) is 2.37. The molecule has 0 saturated carbocycles. The SMILES string of the molecule is Cc1cc(N)cc(S(=O)(=O)Nc2ccc(Cl)c(Br)c2)c1F. The van der Waals surface area contributed by atoms with Crippen molar-refractivity contribution in [3.8, 4) is 0 Å². The zero-order valence-corrected chi connectivity index (χ0v) is 14.0. The summed E-state index contributed by atoms with van der Waals surface area (Å²) in [5.41, 5.74) is 6.17. The predicted octanol–water partition coefficient (Wildman–Crippen LogP) is 3.93. The van der Waals surface area contributed by atoms with E-state index in [2.05, 4.69) is 20.7 Å². The van der Waals surface area contributed by atoms with Gasteiger partial charge in [0.2, 0.25) is 0 Å². The van der Waals surface area contributed by atoms with Gasteiger partial charge in [-0.25, -0.2) is 12.8 Å². The molecular weight excluding hydrogens is 383 g/mol. The molecule has 3 N–H and O–H groups in total. The van der Waals surface area contributed by atoms with E-state index in [0.717, 1.165) is 6.07 Å². The van der Waals surface area contributed by atoms with Gasteiger partial charge in [0.15, 0.2) is 0 Å². The van der Waals surface area contributed by atoms with Crippen LogP contribution in [0.1, 0.15) is 5.56 Å². The standard InChI is InChI=1S/C13H11BrClFN2O2S/c1-7-4-8(17)5-12(13(7)16)21(19,20)18-9-2-3-11(15)10(14)6-9/h2-6,18H,17H2,1H3. The first-order valence-electron chi connectivity index (χ1n) is 5.74. The minimum Gasteiger partial charge on any atom is -0.399 e. The first-order chi connectivity index (χ1) is 9.70. The van der Waals surface area contributed by atoms with Crippen molar-refractivity contribution in [3.05, 3.63) is 51.2 Å². The lowest BCUT2D eigenvalue weighted by molar-refractivity contribution is 0.565. The first kappa shape index (κ1) is 16.1. The third kappa shape index (κ3) is 3.48. The normalized spacial score (nSPS) is 11.4. The molecule has 21 heavy (non-hydrogen) atoms. The van der Waals surface area contributed by atoms with Gasteiger partial charge >= 0.3 is 0 Å². The fourth-order valence-electron chi connectivity index (χ4n) is 1.73. The molecule has 0 saturated heterocycles. The van der Waals surface area contributed by atoms with Crippen molar-refractivity contribution in [3.63, 3.8) is 0 Å². The van der Waals surface area contributed by atoms with E-state index >= 15 is 0 Å². The van der Waals surface area contributed by atoms with E-state index < -0.39 is 20.7 Å². The van der Waals surface area contributed by atoms with Gasteiger partial charge in [0.05, 0.1) is 10.7 Å². The van der Waals surface area contributed by atoms with Crippen LogP contribution in [0.2, 0.25) is 5.02 Å². The summed E-state index contributed by atoms with van der Waals surface area (Å²) in [5, 5.41) is 0.434. The highest BCUT2D eigenvalue weighted by atomic mass is 79.9. The first-order valence-corrected chi connectivity index (χ1v) is 8.39. The number of halogens is 3. The fourth-order valence-corrected chi connectivity index (χ4v) is 3.46. The summed E-state index contributed by atoms with van der Waals surface area (Å²) >= 11 is 9.02. The van der Waals surface area contributed by atoms with E-state index in [1.54, 1.807) is 0 Å². The van der Waals surface area contributed by atoms with Crippen LogP contribution in [0.4, 0.5) is 15.8 Å². The van der Waals surface area contributed by atoms with Gasteiger partial charge < -0.3 is 5.73 Å². The highest BCUT2D eigenvalue weighted by Crippen LogP contribution is 2.28. The van der Waals surface area contributed by atoms with Crippen LogP contribution in [-0.2, 0) is 10.0 Å². The summed E-state index contributed by atoms with van der Waals surface area (Å²) in [7, 11) is -4.09. The molecule has 8 heteroatoms. The smallest absolute Gasteiger partial charge is 0.264 e. The van der Waals surface area contributed by atoms with Crippen LogP contribution in [0.5, 0.6) is 0 Å². The summed E-state index contributed by atoms with van der Waals surface area (Å²) in [6.07, 6.45) is 0. The zero-order valence-electron chi connectivity index (χ0n) is 10.8. The van der Waals surface area contributed by atoms with Crippen LogP contribution in [-0.4, -0.2) is 8.42 Å². The number of aryl methyl sites for hydroxylation is 1. The molecule has 112 valence electrons. The average molecular weight is 394 g/mol. The summed E-state index contributed by atoms with van der Waals surface area (Å²) in [5.74, 6) is -0.829. The molecule has 0 aliphatic heterocycles. The number of nitrogens with one attached hydrogen (secondary N) is 1. The van der Waals surface area contributed by atoms with Crippen molar-refractivity contribution >= 4 is 48.9 Å². The van der Waals surface area contributed by atoms with Crippen molar-refractivity contribution in [1.82, 2.24) is 0 Å². The maximum atomic E-state index is 14.0. The summed E-state index contributed by atoms with van der Waals surface area (Å²) < 4.78 is 41.4. The maximum Gasteiger partial charge on any atom is 0.264 e. The lowest BCUT2D eigenvalue weighted by Crippen LogP contribution is -2.15. The van der Waals surface area contributed by atoms with Crippen LogP contribution in [0.15, 0.2) is 39.7 Å². The van der Waals surface area contributed by atoms with Crippen molar-refractivity contribution in [1.29, 1.82) is 0 Å². The monoisotopic (exact) mass is 392 g/mol. The van der Waals surface area contributed by atoms with E-state index in [1.807, 2.05) is 0 Å². The van der Waals surface area contributed by atoms with Gasteiger partial charge in [0.25, 0.3) is 10.0 Å². The van der Waals surface area contributed by atoms with E-state index in [9.17, 15) is 12.8 Å². The molecule has 2 aromatic rings. The molecule has 4 nitrogen and oxygen atoms in total. The minimum absolute atomic E-state index is 0.160. The molecule has 0 bridgehead atoms. The largest absolute Gasteiger partial charge is 0.399 e. The van der Waals surface area contributed by atoms with Crippen LogP contribution >= 0.6 is 27.5 Å². The second-order valence-electron chi connectivity index (χ2n) is 4.38. The third-order valence-electron chi connectivity index (χ3n) is 2.70. The van der Waals surface area contributed by atoms with Gasteiger partial charge in [-0.2, -0.15) is 0 Å². The Balaban J connectivity index is 2.45. The molecule has 2 rings (SSSR count). The summed E-state index contributed by atoms with van der Waals surface area (Å²) in [4.78, 5) is -0.494. The molecule has 0 aliphatic rings. The Morgan fingerprint density at radius 1 is 1.29 bits per heavy atom. The minimum atomic E-state index is -4.09. The molecule has 0 spiro atoms. The molecule has 0 atom stereocenters. The molecule has 0 aromatic heterocycles. The molecule has 2 aromatic carbocycles. The lowest BCUT2D eigenvalue weighted by Gasteiger charge is -2.11. The number of hydrogen-bond acceptors (Lipinski definition) is 3. The van der Waals surface area contributed by atoms with Crippen LogP contribution in [0, 0.1) is 12.7 Å². The van der Waals surface area contributed by atoms with Crippen molar-refractivity contribution in [2.75, 3.05) is 10.5 Å². The topological polar surface area (TPSA) is 72.2 Å². The molecular formula is C13H11BrClFN2O2S. The molecule has 0 amide bonds. The van der Waals surface area contributed by atoms with Crippen molar-refractivity contribution < 1.29 is 12.8 Å². The Morgan fingerprint density at radius 3 is 2.57 bits per heavy atom. The number of benzene rings is 2. The Labute approximate surface area is 135 Å². The second kappa shape index (κ2) is 5.82. The number of sulfonamides is 1. The van der Waals surface area contributed by atoms with Gasteiger partial charge in [-0.3, -0.25) is 4.72 Å². The van der Waals surface area contributed by atoms with Crippen LogP contribution < -0.4 is 10.5 Å². The molecule has 0 unspecified atom stereocenters. The van der Waals surface area contributed by atoms with Crippen LogP contribution in [0.3, 0.4) is 0 Å². The second-order valence-corrected chi connectivity index (χ2v) is 7.30.